The molecule has 158 valence electrons. The minimum absolute atomic E-state index is 0.196. The molecule has 0 aromatic heterocycles. The molecule has 2 aromatic carbocycles. The van der Waals surface area contributed by atoms with Gasteiger partial charge < -0.3 is 9.84 Å². The Labute approximate surface area is 162 Å². The van der Waals surface area contributed by atoms with Crippen LogP contribution in [0.2, 0.25) is 0 Å². The van der Waals surface area contributed by atoms with Crippen LogP contribution in [0.25, 0.3) is 11.1 Å². The summed E-state index contributed by atoms with van der Waals surface area (Å²) in [5.41, 5.74) is -0.150. The fraction of sp³-hybridized carbons (Fsp3) is 0.350. The summed E-state index contributed by atoms with van der Waals surface area (Å²) in [4.78, 5) is 11.6. The zero-order chi connectivity index (χ0) is 22.0. The fourth-order valence-electron chi connectivity index (χ4n) is 2.88. The molecule has 2 rings (SSSR count). The molecule has 0 aliphatic heterocycles. The van der Waals surface area contributed by atoms with Crippen LogP contribution < -0.4 is 4.74 Å². The van der Waals surface area contributed by atoms with E-state index >= 15 is 0 Å². The van der Waals surface area contributed by atoms with E-state index in [1.54, 1.807) is 13.8 Å². The molecule has 29 heavy (non-hydrogen) atoms. The first kappa shape index (κ1) is 22.6. The number of alkyl halides is 6. The lowest BCUT2D eigenvalue weighted by Crippen LogP contribution is -2.20. The van der Waals surface area contributed by atoms with Crippen molar-refractivity contribution >= 4 is 5.97 Å². The van der Waals surface area contributed by atoms with Crippen molar-refractivity contribution in [1.29, 1.82) is 0 Å². The Bertz CT molecular complexity index is 854. The first-order chi connectivity index (χ1) is 13.3. The van der Waals surface area contributed by atoms with Crippen LogP contribution in [0.15, 0.2) is 42.5 Å². The minimum Gasteiger partial charge on any atom is -0.484 e. The summed E-state index contributed by atoms with van der Waals surface area (Å²) in [6.07, 6.45) is -9.14. The number of aliphatic carboxylic acids is 1. The molecule has 0 radical (unpaired) electrons. The Morgan fingerprint density at radius 2 is 1.55 bits per heavy atom. The number of hydrogen-bond donors (Lipinski definition) is 1. The minimum atomic E-state index is -4.60. The number of carboxylic acid groups (broad SMARTS) is 1. The number of rotatable bonds is 6. The van der Waals surface area contributed by atoms with Gasteiger partial charge in [-0.05, 0) is 46.9 Å². The molecule has 2 aromatic rings. The van der Waals surface area contributed by atoms with Crippen LogP contribution in [0.1, 0.15) is 30.9 Å². The summed E-state index contributed by atoms with van der Waals surface area (Å²) in [5.74, 6) is -2.81. The van der Waals surface area contributed by atoms with Crippen LogP contribution in [0.3, 0.4) is 0 Å². The molecule has 0 amide bonds. The van der Waals surface area contributed by atoms with Gasteiger partial charge in [0.15, 0.2) is 6.61 Å². The zero-order valence-corrected chi connectivity index (χ0v) is 15.4. The molecule has 1 N–H and O–H groups in total. The normalized spacial score (nSPS) is 13.4. The molecule has 0 aliphatic carbocycles. The molecule has 0 fully saturated rings. The molecular formula is C20H18F6O3. The monoisotopic (exact) mass is 420 g/mol. The Kier molecular flexibility index (Phi) is 6.50. The summed E-state index contributed by atoms with van der Waals surface area (Å²) in [5, 5.41) is 9.49. The largest absolute Gasteiger partial charge is 0.484 e. The number of carbonyl (C=O) groups is 1. The molecule has 1 atom stereocenters. The average Bonchev–Trinajstić information content (AvgIpc) is 2.58. The second-order valence-electron chi connectivity index (χ2n) is 6.83. The fourth-order valence-corrected chi connectivity index (χ4v) is 2.88. The molecule has 0 saturated heterocycles. The molecular weight excluding hydrogens is 402 g/mol. The van der Waals surface area contributed by atoms with Crippen LogP contribution in [-0.2, 0) is 11.0 Å². The summed E-state index contributed by atoms with van der Waals surface area (Å²) in [7, 11) is 0. The van der Waals surface area contributed by atoms with Crippen LogP contribution in [0.4, 0.5) is 26.3 Å². The molecule has 1 unspecified atom stereocenters. The Morgan fingerprint density at radius 3 is 2.00 bits per heavy atom. The van der Waals surface area contributed by atoms with Crippen molar-refractivity contribution in [3.05, 3.63) is 53.6 Å². The lowest BCUT2D eigenvalue weighted by molar-refractivity contribution is -0.153. The van der Waals surface area contributed by atoms with Crippen molar-refractivity contribution in [3.8, 4) is 16.9 Å². The molecule has 0 heterocycles. The second kappa shape index (κ2) is 8.34. The van der Waals surface area contributed by atoms with Crippen LogP contribution in [-0.4, -0.2) is 23.9 Å². The number of ether oxygens (including phenoxy) is 1. The summed E-state index contributed by atoms with van der Waals surface area (Å²) >= 11 is 0. The van der Waals surface area contributed by atoms with Crippen molar-refractivity contribution in [3.63, 3.8) is 0 Å². The van der Waals surface area contributed by atoms with Gasteiger partial charge in [0.2, 0.25) is 0 Å². The topological polar surface area (TPSA) is 46.5 Å². The van der Waals surface area contributed by atoms with E-state index in [2.05, 4.69) is 0 Å². The van der Waals surface area contributed by atoms with Crippen molar-refractivity contribution in [1.82, 2.24) is 0 Å². The van der Waals surface area contributed by atoms with Crippen molar-refractivity contribution in [2.24, 2.45) is 5.92 Å². The maximum atomic E-state index is 12.8. The van der Waals surface area contributed by atoms with Gasteiger partial charge >= 0.3 is 18.3 Å². The van der Waals surface area contributed by atoms with E-state index in [1.807, 2.05) is 0 Å². The number of carboxylic acids is 1. The lowest BCUT2D eigenvalue weighted by Gasteiger charge is -2.20. The predicted molar refractivity (Wildman–Crippen MR) is 93.6 cm³/mol. The van der Waals surface area contributed by atoms with Gasteiger partial charge in [-0.3, -0.25) is 4.79 Å². The quantitative estimate of drug-likeness (QED) is 0.572. The van der Waals surface area contributed by atoms with Gasteiger partial charge in [-0.2, -0.15) is 26.3 Å². The molecule has 3 nitrogen and oxygen atoms in total. The summed E-state index contributed by atoms with van der Waals surface area (Å²) in [6, 6.07) is 7.89. The Balaban J connectivity index is 2.52. The Morgan fingerprint density at radius 1 is 0.966 bits per heavy atom. The van der Waals surface area contributed by atoms with Gasteiger partial charge in [-0.15, -0.1) is 0 Å². The third kappa shape index (κ3) is 6.13. The maximum absolute atomic E-state index is 12.8. The smallest absolute Gasteiger partial charge is 0.422 e. The zero-order valence-electron chi connectivity index (χ0n) is 15.4. The van der Waals surface area contributed by atoms with Crippen LogP contribution >= 0.6 is 0 Å². The number of hydrogen-bond acceptors (Lipinski definition) is 2. The van der Waals surface area contributed by atoms with E-state index < -0.39 is 36.4 Å². The number of benzene rings is 2. The average molecular weight is 420 g/mol. The van der Waals surface area contributed by atoms with Crippen molar-refractivity contribution in [2.45, 2.75) is 32.1 Å². The molecule has 9 heteroatoms. The molecule has 0 aliphatic rings. The highest BCUT2D eigenvalue weighted by molar-refractivity contribution is 5.78. The van der Waals surface area contributed by atoms with E-state index in [-0.39, 0.29) is 28.4 Å². The van der Waals surface area contributed by atoms with Crippen molar-refractivity contribution in [2.75, 3.05) is 6.61 Å². The highest BCUT2D eigenvalue weighted by Crippen LogP contribution is 2.35. The van der Waals surface area contributed by atoms with E-state index in [0.717, 1.165) is 12.1 Å². The first-order valence-corrected chi connectivity index (χ1v) is 8.53. The van der Waals surface area contributed by atoms with Crippen LogP contribution in [0, 0.1) is 5.92 Å². The van der Waals surface area contributed by atoms with Gasteiger partial charge in [0, 0.05) is 0 Å². The first-order valence-electron chi connectivity index (χ1n) is 8.53. The predicted octanol–water partition coefficient (Wildman–Crippen LogP) is 6.14. The third-order valence-corrected chi connectivity index (χ3v) is 4.17. The maximum Gasteiger partial charge on any atom is 0.422 e. The van der Waals surface area contributed by atoms with Gasteiger partial charge in [0.05, 0.1) is 11.5 Å². The number of halogens is 6. The van der Waals surface area contributed by atoms with Gasteiger partial charge in [-0.25, -0.2) is 0 Å². The highest BCUT2D eigenvalue weighted by atomic mass is 19.4. The van der Waals surface area contributed by atoms with E-state index in [1.165, 1.54) is 30.3 Å². The lowest BCUT2D eigenvalue weighted by atomic mass is 9.86. The van der Waals surface area contributed by atoms with E-state index in [0.29, 0.717) is 0 Å². The van der Waals surface area contributed by atoms with Gasteiger partial charge in [-0.1, -0.05) is 32.0 Å². The Hall–Kier alpha value is -2.71. The molecule has 0 saturated carbocycles. The molecule has 0 spiro atoms. The highest BCUT2D eigenvalue weighted by Gasteiger charge is 2.31. The van der Waals surface area contributed by atoms with E-state index in [9.17, 15) is 36.2 Å². The van der Waals surface area contributed by atoms with Gasteiger partial charge in [0.1, 0.15) is 5.75 Å². The second-order valence-corrected chi connectivity index (χ2v) is 6.83. The van der Waals surface area contributed by atoms with Crippen molar-refractivity contribution < 1.29 is 41.0 Å². The van der Waals surface area contributed by atoms with E-state index in [4.69, 9.17) is 4.74 Å². The standard InChI is InChI=1S/C20H18F6O3/c1-11(2)17(18(27)28)14-7-13(8-16(9-14)29-10-19(21,22)23)12-3-5-15(6-4-12)20(24,25)26/h3-9,11,17H,10H2,1-2H3,(H,27,28). The summed E-state index contributed by atoms with van der Waals surface area (Å²) < 4.78 is 80.6. The summed E-state index contributed by atoms with van der Waals surface area (Å²) in [6.45, 7) is 1.70. The SMILES string of the molecule is CC(C)C(C(=O)O)c1cc(OCC(F)(F)F)cc(-c2ccc(C(F)(F)F)cc2)c1. The molecule has 0 bridgehead atoms. The van der Waals surface area contributed by atoms with Gasteiger partial charge in [0.25, 0.3) is 0 Å². The third-order valence-electron chi connectivity index (χ3n) is 4.17. The van der Waals surface area contributed by atoms with Crippen LogP contribution in [0.5, 0.6) is 5.75 Å².